The molecule has 0 spiro atoms. The molecule has 5 nitrogen and oxygen atoms in total. The molecule has 10 heteroatoms. The van der Waals surface area contributed by atoms with Gasteiger partial charge in [-0.25, -0.2) is 4.39 Å². The highest BCUT2D eigenvalue weighted by Gasteiger charge is 2.44. The number of rotatable bonds is 5. The van der Waals surface area contributed by atoms with E-state index in [1.54, 1.807) is 11.9 Å². The third-order valence-corrected chi connectivity index (χ3v) is 8.15. The molecule has 35 heavy (non-hydrogen) atoms. The van der Waals surface area contributed by atoms with Crippen molar-refractivity contribution in [2.45, 2.75) is 37.9 Å². The fraction of sp³-hybridized carbons (Fsp3) is 0.600. The van der Waals surface area contributed by atoms with Gasteiger partial charge in [0.1, 0.15) is 11.4 Å². The van der Waals surface area contributed by atoms with E-state index in [2.05, 4.69) is 15.1 Å². The smallest absolute Gasteiger partial charge is 0.381 e. The Hall–Kier alpha value is -1.97. The Balaban J connectivity index is 1.31. The predicted molar refractivity (Wildman–Crippen MR) is 126 cm³/mol. The molecule has 2 aliphatic heterocycles. The highest BCUT2D eigenvalue weighted by molar-refractivity contribution is 6.33. The first-order valence-electron chi connectivity index (χ1n) is 12.1. The maximum atomic E-state index is 14.1. The van der Waals surface area contributed by atoms with Crippen molar-refractivity contribution in [1.29, 1.82) is 0 Å². The van der Waals surface area contributed by atoms with Crippen molar-refractivity contribution in [2.24, 2.45) is 17.8 Å². The lowest BCUT2D eigenvalue weighted by Gasteiger charge is -2.30. The van der Waals surface area contributed by atoms with Crippen LogP contribution in [0.1, 0.15) is 31.2 Å². The third kappa shape index (κ3) is 5.27. The Morgan fingerprint density at radius 2 is 1.77 bits per heavy atom. The Bertz CT molecular complexity index is 1050. The molecule has 0 radical (unpaired) electrons. The van der Waals surface area contributed by atoms with Crippen LogP contribution >= 0.6 is 11.6 Å². The highest BCUT2D eigenvalue weighted by Crippen LogP contribution is 2.44. The normalized spacial score (nSPS) is 24.2. The van der Waals surface area contributed by atoms with Gasteiger partial charge in [0.2, 0.25) is 0 Å². The molecule has 2 aromatic rings. The van der Waals surface area contributed by atoms with Crippen LogP contribution in [0.15, 0.2) is 24.3 Å². The minimum Gasteiger partial charge on any atom is -0.381 e. The fourth-order valence-corrected chi connectivity index (χ4v) is 6.19. The first kappa shape index (κ1) is 24.7. The van der Waals surface area contributed by atoms with E-state index in [4.69, 9.17) is 16.3 Å². The van der Waals surface area contributed by atoms with Crippen LogP contribution in [0, 0.1) is 23.6 Å². The third-order valence-electron chi connectivity index (χ3n) is 7.82. The zero-order valence-electron chi connectivity index (χ0n) is 19.6. The Morgan fingerprint density at radius 1 is 1.09 bits per heavy atom. The molecule has 190 valence electrons. The summed E-state index contributed by atoms with van der Waals surface area (Å²) in [5.41, 5.74) is -0.909. The number of likely N-dealkylation sites (tertiary alicyclic amines) is 1. The number of aromatic nitrogens is 2. The van der Waals surface area contributed by atoms with Gasteiger partial charge in [0.15, 0.2) is 5.82 Å². The minimum atomic E-state index is -4.64. The first-order chi connectivity index (χ1) is 16.7. The predicted octanol–water partition coefficient (Wildman–Crippen LogP) is 5.53. The van der Waals surface area contributed by atoms with Crippen LogP contribution < -0.4 is 4.90 Å². The second-order valence-corrected chi connectivity index (χ2v) is 10.5. The van der Waals surface area contributed by atoms with Crippen LogP contribution in [-0.4, -0.2) is 61.0 Å². The quantitative estimate of drug-likeness (QED) is 0.493. The largest absolute Gasteiger partial charge is 0.420 e. The summed E-state index contributed by atoms with van der Waals surface area (Å²) in [4.78, 5) is 4.16. The van der Waals surface area contributed by atoms with E-state index < -0.39 is 17.6 Å². The summed E-state index contributed by atoms with van der Waals surface area (Å²) in [5, 5.41) is 8.10. The first-order valence-corrected chi connectivity index (χ1v) is 12.5. The minimum absolute atomic E-state index is 0.0331. The molecule has 5 rings (SSSR count). The van der Waals surface area contributed by atoms with Crippen molar-refractivity contribution in [3.63, 3.8) is 0 Å². The van der Waals surface area contributed by atoms with Crippen molar-refractivity contribution in [1.82, 2.24) is 15.1 Å². The maximum Gasteiger partial charge on any atom is 0.420 e. The average molecular weight is 513 g/mol. The molecule has 3 fully saturated rings. The number of nitrogens with zero attached hydrogens (tertiary/aromatic N) is 4. The molecule has 0 amide bonds. The van der Waals surface area contributed by atoms with Crippen LogP contribution in [0.4, 0.5) is 23.4 Å². The molecule has 1 aliphatic carbocycles. The van der Waals surface area contributed by atoms with E-state index in [0.29, 0.717) is 17.8 Å². The van der Waals surface area contributed by atoms with Crippen molar-refractivity contribution < 1.29 is 22.3 Å². The van der Waals surface area contributed by atoms with E-state index in [0.717, 1.165) is 76.7 Å². The summed E-state index contributed by atoms with van der Waals surface area (Å²) < 4.78 is 61.3. The Labute approximate surface area is 207 Å². The van der Waals surface area contributed by atoms with E-state index in [1.165, 1.54) is 6.07 Å². The highest BCUT2D eigenvalue weighted by atomic mass is 35.5. The number of ether oxygens (including phenoxy) is 1. The lowest BCUT2D eigenvalue weighted by atomic mass is 10.00. The van der Waals surface area contributed by atoms with E-state index in [9.17, 15) is 17.6 Å². The van der Waals surface area contributed by atoms with Crippen LogP contribution in [0.25, 0.3) is 11.3 Å². The van der Waals surface area contributed by atoms with Crippen molar-refractivity contribution in [2.75, 3.05) is 44.8 Å². The lowest BCUT2D eigenvalue weighted by molar-refractivity contribution is -0.137. The van der Waals surface area contributed by atoms with Gasteiger partial charge in [-0.2, -0.15) is 13.2 Å². The standard InChI is InChI=1S/C25H29ClF4N4O/c1-33(19-8-16-13-34(14-17(16)9-19)12-15-4-6-35-7-5-15)24-21(25(28,29)30)11-23(31-32-24)20-10-18(27)2-3-22(20)26/h2-3,10-11,15-17,19H,4-9,12-14H2,1H3/t16-,17-/m1/s1. The van der Waals surface area contributed by atoms with Crippen LogP contribution in [0.5, 0.6) is 0 Å². The van der Waals surface area contributed by atoms with Gasteiger partial charge in [-0.05, 0) is 67.7 Å². The molecular weight excluding hydrogens is 484 g/mol. The lowest BCUT2D eigenvalue weighted by Crippen LogP contribution is -2.36. The zero-order valence-corrected chi connectivity index (χ0v) is 20.3. The summed E-state index contributed by atoms with van der Waals surface area (Å²) in [7, 11) is 1.67. The van der Waals surface area contributed by atoms with Gasteiger partial charge >= 0.3 is 6.18 Å². The van der Waals surface area contributed by atoms with Crippen molar-refractivity contribution >= 4 is 17.4 Å². The molecule has 3 heterocycles. The summed E-state index contributed by atoms with van der Waals surface area (Å²) in [6.07, 6.45) is -0.757. The van der Waals surface area contributed by atoms with E-state index >= 15 is 0 Å². The van der Waals surface area contributed by atoms with Gasteiger partial charge in [0, 0.05) is 51.5 Å². The Morgan fingerprint density at radius 3 is 2.43 bits per heavy atom. The second kappa shape index (κ2) is 9.82. The SMILES string of the molecule is CN(c1nnc(-c2cc(F)ccc2Cl)cc1C(F)(F)F)C1C[C@@H]2CN(CC3CCOCC3)C[C@H]2C1. The molecule has 3 aliphatic rings. The Kier molecular flexibility index (Phi) is 6.94. The van der Waals surface area contributed by atoms with Gasteiger partial charge in [-0.3, -0.25) is 0 Å². The summed E-state index contributed by atoms with van der Waals surface area (Å²) >= 11 is 6.09. The summed E-state index contributed by atoms with van der Waals surface area (Å²) in [6.45, 7) is 4.77. The molecule has 0 unspecified atom stereocenters. The van der Waals surface area contributed by atoms with Crippen molar-refractivity contribution in [3.8, 4) is 11.3 Å². The number of hydrogen-bond donors (Lipinski definition) is 0. The van der Waals surface area contributed by atoms with Gasteiger partial charge in [0.25, 0.3) is 0 Å². The molecule has 0 bridgehead atoms. The maximum absolute atomic E-state index is 14.1. The monoisotopic (exact) mass is 512 g/mol. The molecule has 1 aromatic heterocycles. The molecule has 1 aromatic carbocycles. The molecule has 2 saturated heterocycles. The fourth-order valence-electron chi connectivity index (χ4n) is 5.98. The van der Waals surface area contributed by atoms with Crippen LogP contribution in [0.2, 0.25) is 5.02 Å². The van der Waals surface area contributed by atoms with Crippen LogP contribution in [0.3, 0.4) is 0 Å². The van der Waals surface area contributed by atoms with Crippen molar-refractivity contribution in [3.05, 3.63) is 40.7 Å². The number of halogens is 5. The number of benzene rings is 1. The van der Waals surface area contributed by atoms with E-state index in [-0.39, 0.29) is 28.1 Å². The number of hydrogen-bond acceptors (Lipinski definition) is 5. The molecule has 2 atom stereocenters. The molecule has 1 saturated carbocycles. The van der Waals surface area contributed by atoms with Gasteiger partial charge in [0.05, 0.1) is 10.7 Å². The molecular formula is C25H29ClF4N4O. The van der Waals surface area contributed by atoms with Gasteiger partial charge < -0.3 is 14.5 Å². The summed E-state index contributed by atoms with van der Waals surface area (Å²) in [6, 6.07) is 4.40. The number of fused-ring (bicyclic) bond motifs is 1. The second-order valence-electron chi connectivity index (χ2n) is 10.1. The van der Waals surface area contributed by atoms with Crippen LogP contribution in [-0.2, 0) is 10.9 Å². The van der Waals surface area contributed by atoms with E-state index in [1.807, 2.05) is 0 Å². The molecule has 0 N–H and O–H groups in total. The topological polar surface area (TPSA) is 41.5 Å². The van der Waals surface area contributed by atoms with Gasteiger partial charge in [-0.15, -0.1) is 10.2 Å². The number of anilines is 1. The number of alkyl halides is 3. The average Bonchev–Trinajstić information content (AvgIpc) is 3.39. The zero-order chi connectivity index (χ0) is 24.7. The summed E-state index contributed by atoms with van der Waals surface area (Å²) in [5.74, 6) is 0.836. The van der Waals surface area contributed by atoms with Gasteiger partial charge in [-0.1, -0.05) is 11.6 Å².